The Morgan fingerprint density at radius 2 is 2.27 bits per heavy atom. The Kier molecular flexibility index (Phi) is 2.40. The van der Waals surface area contributed by atoms with E-state index in [-0.39, 0.29) is 17.4 Å². The molecule has 0 unspecified atom stereocenters. The number of rotatable bonds is 3. The quantitative estimate of drug-likeness (QED) is 0.671. The maximum absolute atomic E-state index is 11.6. The number of hydrogen-bond donors (Lipinski definition) is 3. The number of carboxylic acid groups (broad SMARTS) is 1. The van der Waals surface area contributed by atoms with Crippen molar-refractivity contribution < 1.29 is 14.7 Å². The average molecular weight is 209 g/mol. The Labute approximate surface area is 85.7 Å². The van der Waals surface area contributed by atoms with Crippen LogP contribution in [0, 0.1) is 0 Å². The number of carbonyl (C=O) groups excluding carboxylic acids is 1. The number of nitrogens with zero attached hydrogens (tertiary/aromatic N) is 1. The molecule has 0 radical (unpaired) electrons. The first-order valence-corrected chi connectivity index (χ1v) is 4.76. The maximum Gasteiger partial charge on any atom is 0.354 e. The summed E-state index contributed by atoms with van der Waals surface area (Å²) in [6, 6.07) is 0.177. The molecule has 6 heteroatoms. The normalized spacial score (nSPS) is 15.7. The number of H-pyrrole nitrogens is 1. The molecule has 80 valence electrons. The third-order valence-corrected chi connectivity index (χ3v) is 2.51. The van der Waals surface area contributed by atoms with Crippen LogP contribution in [0.1, 0.15) is 40.2 Å². The van der Waals surface area contributed by atoms with E-state index in [9.17, 15) is 9.59 Å². The van der Waals surface area contributed by atoms with Crippen LogP contribution in [0.2, 0.25) is 0 Å². The van der Waals surface area contributed by atoms with Crippen molar-refractivity contribution in [3.8, 4) is 0 Å². The fraction of sp³-hybridized carbons (Fsp3) is 0.444. The SMILES string of the molecule is O=C(NC1CCC1)c1nc[nH]c1C(=O)O. The molecule has 0 aromatic carbocycles. The van der Waals surface area contributed by atoms with Crippen molar-refractivity contribution in [2.45, 2.75) is 25.3 Å². The lowest BCUT2D eigenvalue weighted by atomic mass is 9.93. The van der Waals surface area contributed by atoms with E-state index >= 15 is 0 Å². The van der Waals surface area contributed by atoms with Crippen LogP contribution in [0.5, 0.6) is 0 Å². The largest absolute Gasteiger partial charge is 0.477 e. The van der Waals surface area contributed by atoms with Gasteiger partial charge in [0.05, 0.1) is 6.33 Å². The molecular weight excluding hydrogens is 198 g/mol. The Morgan fingerprint density at radius 3 is 2.80 bits per heavy atom. The van der Waals surface area contributed by atoms with E-state index in [1.54, 1.807) is 0 Å². The van der Waals surface area contributed by atoms with Crippen molar-refractivity contribution in [3.63, 3.8) is 0 Å². The van der Waals surface area contributed by atoms with Crippen LogP contribution in [0.3, 0.4) is 0 Å². The number of aromatic nitrogens is 2. The fourth-order valence-electron chi connectivity index (χ4n) is 1.44. The molecule has 1 aromatic heterocycles. The van der Waals surface area contributed by atoms with Crippen molar-refractivity contribution >= 4 is 11.9 Å². The van der Waals surface area contributed by atoms with Gasteiger partial charge in [-0.3, -0.25) is 4.79 Å². The minimum Gasteiger partial charge on any atom is -0.477 e. The lowest BCUT2D eigenvalue weighted by molar-refractivity contribution is 0.0683. The van der Waals surface area contributed by atoms with E-state index < -0.39 is 11.9 Å². The zero-order valence-corrected chi connectivity index (χ0v) is 7.99. The highest BCUT2D eigenvalue weighted by molar-refractivity contribution is 6.02. The van der Waals surface area contributed by atoms with Gasteiger partial charge in [-0.15, -0.1) is 0 Å². The molecule has 2 rings (SSSR count). The van der Waals surface area contributed by atoms with E-state index in [1.807, 2.05) is 0 Å². The van der Waals surface area contributed by atoms with Crippen LogP contribution in [-0.4, -0.2) is 33.0 Å². The second kappa shape index (κ2) is 3.72. The summed E-state index contributed by atoms with van der Waals surface area (Å²) in [6.45, 7) is 0. The molecule has 0 saturated heterocycles. The monoisotopic (exact) mass is 209 g/mol. The molecule has 0 spiro atoms. The van der Waals surface area contributed by atoms with E-state index in [0.717, 1.165) is 19.3 Å². The third kappa shape index (κ3) is 1.83. The van der Waals surface area contributed by atoms with Gasteiger partial charge in [-0.1, -0.05) is 0 Å². The molecular formula is C9H11N3O3. The average Bonchev–Trinajstić information content (AvgIpc) is 2.59. The minimum atomic E-state index is -1.17. The summed E-state index contributed by atoms with van der Waals surface area (Å²) in [7, 11) is 0. The Balaban J connectivity index is 2.10. The van der Waals surface area contributed by atoms with Gasteiger partial charge in [-0.2, -0.15) is 0 Å². The molecule has 1 aliphatic rings. The lowest BCUT2D eigenvalue weighted by Gasteiger charge is -2.25. The summed E-state index contributed by atoms with van der Waals surface area (Å²) < 4.78 is 0. The molecule has 1 fully saturated rings. The zero-order chi connectivity index (χ0) is 10.8. The van der Waals surface area contributed by atoms with Gasteiger partial charge in [0.25, 0.3) is 5.91 Å². The molecule has 1 aliphatic carbocycles. The summed E-state index contributed by atoms with van der Waals surface area (Å²) in [6.07, 6.45) is 4.23. The summed E-state index contributed by atoms with van der Waals surface area (Å²) in [5.74, 6) is -1.59. The van der Waals surface area contributed by atoms with Crippen molar-refractivity contribution in [2.24, 2.45) is 0 Å². The van der Waals surface area contributed by atoms with E-state index in [4.69, 9.17) is 5.11 Å². The molecule has 0 atom stereocenters. The van der Waals surface area contributed by atoms with Gasteiger partial charge in [-0.05, 0) is 19.3 Å². The van der Waals surface area contributed by atoms with Gasteiger partial charge in [0.1, 0.15) is 0 Å². The smallest absolute Gasteiger partial charge is 0.354 e. The van der Waals surface area contributed by atoms with Crippen LogP contribution < -0.4 is 5.32 Å². The molecule has 1 aromatic rings. The Bertz CT molecular complexity index is 395. The predicted molar refractivity (Wildman–Crippen MR) is 50.7 cm³/mol. The number of imidazole rings is 1. The molecule has 1 amide bonds. The molecule has 3 N–H and O–H groups in total. The van der Waals surface area contributed by atoms with Crippen molar-refractivity contribution in [2.75, 3.05) is 0 Å². The standard InChI is InChI=1S/C9H11N3O3/c13-8(12-5-2-1-3-5)6-7(9(14)15)11-4-10-6/h4-5H,1-3H2,(H,10,11)(H,12,13)(H,14,15). The number of carbonyl (C=O) groups is 2. The second-order valence-electron chi connectivity index (χ2n) is 3.53. The zero-order valence-electron chi connectivity index (χ0n) is 7.99. The summed E-state index contributed by atoms with van der Waals surface area (Å²) in [5.41, 5.74) is -0.207. The van der Waals surface area contributed by atoms with Crippen LogP contribution in [0.25, 0.3) is 0 Å². The fourth-order valence-corrected chi connectivity index (χ4v) is 1.44. The van der Waals surface area contributed by atoms with E-state index in [2.05, 4.69) is 15.3 Å². The molecule has 0 bridgehead atoms. The molecule has 6 nitrogen and oxygen atoms in total. The number of carboxylic acids is 1. The molecule has 1 saturated carbocycles. The second-order valence-corrected chi connectivity index (χ2v) is 3.53. The van der Waals surface area contributed by atoms with Gasteiger partial charge < -0.3 is 15.4 Å². The highest BCUT2D eigenvalue weighted by atomic mass is 16.4. The van der Waals surface area contributed by atoms with Crippen LogP contribution in [0.4, 0.5) is 0 Å². The summed E-state index contributed by atoms with van der Waals surface area (Å²) >= 11 is 0. The van der Waals surface area contributed by atoms with Crippen LogP contribution >= 0.6 is 0 Å². The Morgan fingerprint density at radius 1 is 1.53 bits per heavy atom. The van der Waals surface area contributed by atoms with E-state index in [0.29, 0.717) is 0 Å². The number of amides is 1. The number of nitrogens with one attached hydrogen (secondary N) is 2. The van der Waals surface area contributed by atoms with Crippen molar-refractivity contribution in [1.82, 2.24) is 15.3 Å². The van der Waals surface area contributed by atoms with Crippen molar-refractivity contribution in [1.29, 1.82) is 0 Å². The maximum atomic E-state index is 11.6. The highest BCUT2D eigenvalue weighted by Gasteiger charge is 2.24. The lowest BCUT2D eigenvalue weighted by Crippen LogP contribution is -2.40. The summed E-state index contributed by atoms with van der Waals surface area (Å²) in [4.78, 5) is 28.4. The summed E-state index contributed by atoms with van der Waals surface area (Å²) in [5, 5.41) is 11.5. The highest BCUT2D eigenvalue weighted by Crippen LogP contribution is 2.18. The molecule has 0 aliphatic heterocycles. The van der Waals surface area contributed by atoms with Gasteiger partial charge in [0.2, 0.25) is 0 Å². The molecule has 15 heavy (non-hydrogen) atoms. The van der Waals surface area contributed by atoms with Gasteiger partial charge >= 0.3 is 5.97 Å². The van der Waals surface area contributed by atoms with Crippen LogP contribution in [-0.2, 0) is 0 Å². The third-order valence-electron chi connectivity index (χ3n) is 2.51. The Hall–Kier alpha value is -1.85. The topological polar surface area (TPSA) is 95.1 Å². The van der Waals surface area contributed by atoms with Gasteiger partial charge in [0, 0.05) is 6.04 Å². The van der Waals surface area contributed by atoms with E-state index in [1.165, 1.54) is 6.33 Å². The van der Waals surface area contributed by atoms with Crippen LogP contribution in [0.15, 0.2) is 6.33 Å². The first kappa shape index (κ1) is 9.70. The first-order valence-electron chi connectivity index (χ1n) is 4.76. The number of hydrogen-bond acceptors (Lipinski definition) is 3. The molecule has 1 heterocycles. The minimum absolute atomic E-state index is 0.0469. The number of aromatic carboxylic acids is 1. The number of aromatic amines is 1. The first-order chi connectivity index (χ1) is 7.18. The van der Waals surface area contributed by atoms with Gasteiger partial charge in [0.15, 0.2) is 11.4 Å². The predicted octanol–water partition coefficient (Wildman–Crippen LogP) is 0.390. The van der Waals surface area contributed by atoms with Crippen molar-refractivity contribution in [3.05, 3.63) is 17.7 Å². The van der Waals surface area contributed by atoms with Gasteiger partial charge in [-0.25, -0.2) is 9.78 Å².